The molecule has 0 spiro atoms. The Labute approximate surface area is 310 Å². The van der Waals surface area contributed by atoms with E-state index in [1.54, 1.807) is 6.07 Å². The molecule has 0 radical (unpaired) electrons. The minimum Gasteiger partial charge on any atom is -0.508 e. The summed E-state index contributed by atoms with van der Waals surface area (Å²) in [6.45, 7) is 13.6. The standard InChI is InChI=1S/C42H62N6O4/c1-6-13-37(43)44-19-11-8-12-20-45-39(51)35(22-28(2)3)47-38(50)26-46-40(52)42(31-14-9-7-10-15-31)25-32(42)27-48-21-18-41(5)29(4)36(48)23-30-16-17-33(49)24-34(30)41/h7,9-10,14-17,24,28-29,32,35-36,49H,6,8,11-13,18-23,25-27H2,1-5H3,(H2,43,44)(H,45,51)(H,46,52)(H,47,50)/t29-,32-,35+,36+,41+,42+/m0/s1. The average molecular weight is 715 g/mol. The normalized spacial score (nSPS) is 26.0. The van der Waals surface area contributed by atoms with Crippen LogP contribution in [0, 0.1) is 17.8 Å². The first-order valence-electron chi connectivity index (χ1n) is 19.6. The molecule has 3 amide bonds. The van der Waals surface area contributed by atoms with E-state index in [2.05, 4.69) is 52.7 Å². The Morgan fingerprint density at radius 1 is 1.08 bits per heavy atom. The van der Waals surface area contributed by atoms with Gasteiger partial charge in [-0.15, -0.1) is 0 Å². The monoisotopic (exact) mass is 714 g/mol. The summed E-state index contributed by atoms with van der Waals surface area (Å²) in [5.74, 6) is 1.05. The number of benzene rings is 2. The van der Waals surface area contributed by atoms with E-state index >= 15 is 0 Å². The first kappa shape index (κ1) is 39.3. The molecule has 52 heavy (non-hydrogen) atoms. The quantitative estimate of drug-likeness (QED) is 0.0837. The molecule has 0 unspecified atom stereocenters. The summed E-state index contributed by atoms with van der Waals surface area (Å²) in [5, 5.41) is 19.1. The summed E-state index contributed by atoms with van der Waals surface area (Å²) in [5.41, 5.74) is 8.73. The molecule has 284 valence electrons. The van der Waals surface area contributed by atoms with Crippen LogP contribution in [0.2, 0.25) is 0 Å². The van der Waals surface area contributed by atoms with Gasteiger partial charge in [0.1, 0.15) is 11.8 Å². The Balaban J connectivity index is 1.16. The molecule has 0 aromatic heterocycles. The Bertz CT molecular complexity index is 1580. The molecule has 6 atom stereocenters. The lowest BCUT2D eigenvalue weighted by molar-refractivity contribution is -0.130. The number of aliphatic imine (C=N–C) groups is 1. The van der Waals surface area contributed by atoms with Crippen LogP contribution < -0.4 is 21.7 Å². The van der Waals surface area contributed by atoms with Gasteiger partial charge < -0.3 is 26.8 Å². The second-order valence-electron chi connectivity index (χ2n) is 16.2. The van der Waals surface area contributed by atoms with Crippen LogP contribution in [0.4, 0.5) is 0 Å². The number of rotatable bonds is 18. The number of nitrogens with two attached hydrogens (primary N) is 1. The van der Waals surface area contributed by atoms with Crippen molar-refractivity contribution in [2.75, 3.05) is 32.7 Å². The molecule has 10 heteroatoms. The van der Waals surface area contributed by atoms with Gasteiger partial charge in [-0.25, -0.2) is 0 Å². The van der Waals surface area contributed by atoms with Gasteiger partial charge in [0.05, 0.1) is 17.8 Å². The molecule has 3 aliphatic rings. The fourth-order valence-electron chi connectivity index (χ4n) is 8.83. The van der Waals surface area contributed by atoms with Crippen LogP contribution >= 0.6 is 0 Å². The van der Waals surface area contributed by atoms with Gasteiger partial charge in [0.2, 0.25) is 17.7 Å². The van der Waals surface area contributed by atoms with Crippen LogP contribution in [0.25, 0.3) is 0 Å². The number of phenols is 1. The highest BCUT2D eigenvalue weighted by atomic mass is 16.3. The number of nitrogens with one attached hydrogen (secondary N) is 3. The van der Waals surface area contributed by atoms with E-state index in [4.69, 9.17) is 5.73 Å². The van der Waals surface area contributed by atoms with Crippen LogP contribution in [-0.2, 0) is 31.6 Å². The van der Waals surface area contributed by atoms with E-state index in [1.807, 2.05) is 50.2 Å². The predicted octanol–water partition coefficient (Wildman–Crippen LogP) is 4.97. The van der Waals surface area contributed by atoms with Crippen molar-refractivity contribution < 1.29 is 19.5 Å². The van der Waals surface area contributed by atoms with Crippen molar-refractivity contribution in [3.63, 3.8) is 0 Å². The number of piperidine rings is 1. The third kappa shape index (κ3) is 8.99. The van der Waals surface area contributed by atoms with E-state index in [0.29, 0.717) is 43.1 Å². The number of likely N-dealkylation sites (tertiary alicyclic amines) is 1. The maximum absolute atomic E-state index is 14.1. The summed E-state index contributed by atoms with van der Waals surface area (Å²) in [4.78, 5) is 47.4. The molecule has 10 nitrogen and oxygen atoms in total. The van der Waals surface area contributed by atoms with Gasteiger partial charge >= 0.3 is 0 Å². The fraction of sp³-hybridized carbons (Fsp3) is 0.619. The maximum atomic E-state index is 14.1. The Morgan fingerprint density at radius 2 is 1.85 bits per heavy atom. The SMILES string of the molecule is CCCC(N)=NCCCCCNC(=O)[C@@H](CC(C)C)NC(=O)CNC(=O)[C@@]1(c2ccccc2)C[C@H]1CN1CC[C@@]2(C)c3cc(O)ccc3C[C@@H]1[C@@H]2C. The lowest BCUT2D eigenvalue weighted by Gasteiger charge is -2.55. The van der Waals surface area contributed by atoms with Gasteiger partial charge in [0, 0.05) is 32.1 Å². The van der Waals surface area contributed by atoms with Crippen molar-refractivity contribution in [1.82, 2.24) is 20.9 Å². The van der Waals surface area contributed by atoms with E-state index in [9.17, 15) is 19.5 Å². The third-order valence-corrected chi connectivity index (χ3v) is 12.1. The molecule has 2 bridgehead atoms. The van der Waals surface area contributed by atoms with Crippen molar-refractivity contribution in [2.45, 2.75) is 115 Å². The minimum absolute atomic E-state index is 0.00115. The van der Waals surface area contributed by atoms with Crippen LogP contribution in [-0.4, -0.2) is 78.4 Å². The Kier molecular flexibility index (Phi) is 13.1. The number of carbonyl (C=O) groups excluding carboxylic acids is 3. The molecule has 2 fully saturated rings. The van der Waals surface area contributed by atoms with E-state index in [-0.39, 0.29) is 41.5 Å². The van der Waals surface area contributed by atoms with E-state index < -0.39 is 11.5 Å². The largest absolute Gasteiger partial charge is 0.508 e. The predicted molar refractivity (Wildman–Crippen MR) is 207 cm³/mol. The Morgan fingerprint density at radius 3 is 2.58 bits per heavy atom. The molecular formula is C42H62N6O4. The highest BCUT2D eigenvalue weighted by Crippen LogP contribution is 2.56. The summed E-state index contributed by atoms with van der Waals surface area (Å²) >= 11 is 0. The van der Waals surface area contributed by atoms with Gasteiger partial charge in [-0.3, -0.25) is 24.3 Å². The number of amidine groups is 1. The molecular weight excluding hydrogens is 653 g/mol. The number of carbonyl (C=O) groups is 3. The zero-order valence-electron chi connectivity index (χ0n) is 32.0. The first-order chi connectivity index (χ1) is 24.9. The van der Waals surface area contributed by atoms with Crippen molar-refractivity contribution >= 4 is 23.6 Å². The van der Waals surface area contributed by atoms with Crippen LogP contribution in [0.15, 0.2) is 53.5 Å². The number of hydrogen-bond acceptors (Lipinski definition) is 6. The third-order valence-electron chi connectivity index (χ3n) is 12.1. The van der Waals surface area contributed by atoms with Crippen LogP contribution in [0.3, 0.4) is 0 Å². The van der Waals surface area contributed by atoms with E-state index in [0.717, 1.165) is 70.0 Å². The second-order valence-corrected chi connectivity index (χ2v) is 16.2. The zero-order valence-corrected chi connectivity index (χ0v) is 32.0. The first-order valence-corrected chi connectivity index (χ1v) is 19.6. The van der Waals surface area contributed by atoms with Gasteiger partial charge in [0.15, 0.2) is 0 Å². The van der Waals surface area contributed by atoms with Gasteiger partial charge in [-0.2, -0.15) is 0 Å². The summed E-state index contributed by atoms with van der Waals surface area (Å²) < 4.78 is 0. The molecule has 1 aliphatic heterocycles. The molecule has 2 aliphatic carbocycles. The summed E-state index contributed by atoms with van der Waals surface area (Å²) in [6, 6.07) is 15.5. The summed E-state index contributed by atoms with van der Waals surface area (Å²) in [7, 11) is 0. The molecule has 1 saturated carbocycles. The van der Waals surface area contributed by atoms with Crippen molar-refractivity contribution in [1.29, 1.82) is 0 Å². The second kappa shape index (κ2) is 17.3. The number of fused-ring (bicyclic) bond motifs is 4. The highest BCUT2D eigenvalue weighted by Gasteiger charge is 2.62. The van der Waals surface area contributed by atoms with E-state index in [1.165, 1.54) is 11.1 Å². The molecule has 1 heterocycles. The molecule has 1 saturated heterocycles. The number of amides is 3. The molecule has 2 aromatic carbocycles. The number of aromatic hydroxyl groups is 1. The number of unbranched alkanes of at least 4 members (excludes halogenated alkanes) is 2. The molecule has 2 aromatic rings. The number of hydrogen-bond donors (Lipinski definition) is 5. The van der Waals surface area contributed by atoms with Crippen LogP contribution in [0.5, 0.6) is 5.75 Å². The lowest BCUT2D eigenvalue weighted by atomic mass is 9.59. The van der Waals surface area contributed by atoms with Gasteiger partial charge in [-0.1, -0.05) is 71.0 Å². The van der Waals surface area contributed by atoms with Crippen molar-refractivity contribution in [3.05, 3.63) is 65.2 Å². The Hall–Kier alpha value is -3.92. The highest BCUT2D eigenvalue weighted by molar-refractivity contribution is 5.95. The van der Waals surface area contributed by atoms with Gasteiger partial charge in [0.25, 0.3) is 0 Å². The fourth-order valence-corrected chi connectivity index (χ4v) is 8.83. The van der Waals surface area contributed by atoms with Crippen LogP contribution in [0.1, 0.15) is 103 Å². The summed E-state index contributed by atoms with van der Waals surface area (Å²) in [6.07, 6.45) is 7.62. The average Bonchev–Trinajstić information content (AvgIpc) is 3.84. The number of phenolic OH excluding ortho intramolecular Hbond substituents is 1. The van der Waals surface area contributed by atoms with Crippen molar-refractivity contribution in [2.24, 2.45) is 28.5 Å². The minimum atomic E-state index is -0.703. The van der Waals surface area contributed by atoms with Crippen molar-refractivity contribution in [3.8, 4) is 5.75 Å². The lowest BCUT2D eigenvalue weighted by Crippen LogP contribution is -2.58. The van der Waals surface area contributed by atoms with Gasteiger partial charge in [-0.05, 0) is 110 Å². The molecule has 6 N–H and O–H groups in total. The number of nitrogens with zero attached hydrogens (tertiary/aromatic N) is 2. The topological polar surface area (TPSA) is 149 Å². The zero-order chi connectivity index (χ0) is 37.5. The maximum Gasteiger partial charge on any atom is 0.242 e. The smallest absolute Gasteiger partial charge is 0.242 e. The molecule has 5 rings (SSSR count).